The number of Topliss-reactive ketones (excluding diaryl/α,β-unsaturated/α-hetero) is 1. The fraction of sp³-hybridized carbons (Fsp3) is 0.0588. The van der Waals surface area contributed by atoms with E-state index in [2.05, 4.69) is 10.3 Å². The van der Waals surface area contributed by atoms with Crippen LogP contribution in [0.3, 0.4) is 0 Å². The number of hydrogen-bond acceptors (Lipinski definition) is 3. The topological polar surface area (TPSA) is 62.0 Å². The second kappa shape index (κ2) is 6.25. The first kappa shape index (κ1) is 17.0. The molecule has 128 valence electrons. The summed E-state index contributed by atoms with van der Waals surface area (Å²) in [4.78, 5) is 27.1. The summed E-state index contributed by atoms with van der Waals surface area (Å²) in [5.41, 5.74) is -1.32. The maximum Gasteiger partial charge on any atom is 0.205 e. The zero-order chi connectivity index (χ0) is 18.3. The third-order valence-corrected chi connectivity index (χ3v) is 3.86. The van der Waals surface area contributed by atoms with E-state index in [0.717, 1.165) is 25.1 Å². The number of ketones is 1. The highest BCUT2D eigenvalue weighted by molar-refractivity contribution is 6.35. The summed E-state index contributed by atoms with van der Waals surface area (Å²) in [6, 6.07) is 4.88. The van der Waals surface area contributed by atoms with Crippen molar-refractivity contribution < 1.29 is 18.0 Å². The third-order valence-electron chi connectivity index (χ3n) is 3.54. The molecule has 25 heavy (non-hydrogen) atoms. The number of H-pyrrole nitrogens is 1. The summed E-state index contributed by atoms with van der Waals surface area (Å²) in [6.07, 6.45) is 0. The molecule has 0 unspecified atom stereocenters. The van der Waals surface area contributed by atoms with Gasteiger partial charge in [-0.2, -0.15) is 0 Å². The standard InChI is InChI=1S/C17H10ClF3N2O2/c1-7(24)13-16(25)14-12(21)3-2-11(18)15(14)23-17(13)22-10-5-8(19)4-9(20)6-10/h2-6H,1H3,(H2,22,23,25). The number of pyridine rings is 1. The summed E-state index contributed by atoms with van der Waals surface area (Å²) >= 11 is 5.99. The Morgan fingerprint density at radius 3 is 2.36 bits per heavy atom. The molecule has 3 aromatic rings. The average molecular weight is 367 g/mol. The van der Waals surface area contributed by atoms with Gasteiger partial charge in [-0.1, -0.05) is 11.6 Å². The molecule has 1 heterocycles. The minimum absolute atomic E-state index is 0.0314. The Hall–Kier alpha value is -2.80. The zero-order valence-electron chi connectivity index (χ0n) is 12.7. The van der Waals surface area contributed by atoms with Crippen molar-refractivity contribution in [2.24, 2.45) is 0 Å². The van der Waals surface area contributed by atoms with E-state index in [0.29, 0.717) is 6.07 Å². The minimum Gasteiger partial charge on any atom is -0.341 e. The molecule has 0 aliphatic heterocycles. The Balaban J connectivity index is 2.30. The van der Waals surface area contributed by atoms with Crippen molar-refractivity contribution in [3.63, 3.8) is 0 Å². The van der Waals surface area contributed by atoms with E-state index < -0.39 is 28.7 Å². The lowest BCUT2D eigenvalue weighted by molar-refractivity contribution is 0.101. The molecule has 0 aliphatic carbocycles. The highest BCUT2D eigenvalue weighted by atomic mass is 35.5. The molecule has 0 radical (unpaired) electrons. The van der Waals surface area contributed by atoms with Crippen LogP contribution in [0.5, 0.6) is 0 Å². The smallest absolute Gasteiger partial charge is 0.205 e. The van der Waals surface area contributed by atoms with Crippen LogP contribution in [0.1, 0.15) is 17.3 Å². The Morgan fingerprint density at radius 2 is 1.76 bits per heavy atom. The number of rotatable bonds is 3. The Labute approximate surface area is 144 Å². The maximum atomic E-state index is 14.0. The van der Waals surface area contributed by atoms with Crippen LogP contribution in [0.15, 0.2) is 35.1 Å². The predicted molar refractivity (Wildman–Crippen MR) is 89.2 cm³/mol. The first-order valence-electron chi connectivity index (χ1n) is 7.06. The van der Waals surface area contributed by atoms with Gasteiger partial charge in [0.15, 0.2) is 5.78 Å². The number of carbonyl (C=O) groups is 1. The number of hydrogen-bond donors (Lipinski definition) is 2. The molecule has 0 atom stereocenters. The van der Waals surface area contributed by atoms with Gasteiger partial charge in [-0.05, 0) is 31.2 Å². The Morgan fingerprint density at radius 1 is 1.12 bits per heavy atom. The molecule has 0 amide bonds. The van der Waals surface area contributed by atoms with Crippen molar-refractivity contribution in [3.8, 4) is 0 Å². The molecule has 1 aromatic heterocycles. The quantitative estimate of drug-likeness (QED) is 0.669. The predicted octanol–water partition coefficient (Wildman–Crippen LogP) is 4.55. The second-order valence-electron chi connectivity index (χ2n) is 5.32. The fourth-order valence-electron chi connectivity index (χ4n) is 2.52. The molecule has 0 saturated heterocycles. The zero-order valence-corrected chi connectivity index (χ0v) is 13.5. The van der Waals surface area contributed by atoms with Gasteiger partial charge in [-0.15, -0.1) is 0 Å². The van der Waals surface area contributed by atoms with Gasteiger partial charge in [0.2, 0.25) is 5.43 Å². The first-order chi connectivity index (χ1) is 11.8. The summed E-state index contributed by atoms with van der Waals surface area (Å²) in [7, 11) is 0. The monoisotopic (exact) mass is 366 g/mol. The molecular weight excluding hydrogens is 357 g/mol. The van der Waals surface area contributed by atoms with Crippen LogP contribution >= 0.6 is 11.6 Å². The molecule has 0 aliphatic rings. The molecule has 0 saturated carbocycles. The number of aromatic amines is 1. The van der Waals surface area contributed by atoms with Gasteiger partial charge in [0, 0.05) is 11.8 Å². The normalized spacial score (nSPS) is 10.9. The largest absolute Gasteiger partial charge is 0.341 e. The van der Waals surface area contributed by atoms with Crippen LogP contribution in [0.25, 0.3) is 10.9 Å². The second-order valence-corrected chi connectivity index (χ2v) is 5.73. The minimum atomic E-state index is -0.874. The number of benzene rings is 2. The van der Waals surface area contributed by atoms with Crippen molar-refractivity contribution >= 4 is 39.8 Å². The van der Waals surface area contributed by atoms with Crippen molar-refractivity contribution in [1.29, 1.82) is 0 Å². The van der Waals surface area contributed by atoms with Crippen molar-refractivity contribution in [1.82, 2.24) is 4.98 Å². The van der Waals surface area contributed by atoms with Gasteiger partial charge in [0.25, 0.3) is 0 Å². The Kier molecular flexibility index (Phi) is 4.26. The molecule has 4 nitrogen and oxygen atoms in total. The van der Waals surface area contributed by atoms with E-state index >= 15 is 0 Å². The molecule has 3 rings (SSSR count). The molecule has 2 N–H and O–H groups in total. The SMILES string of the molecule is CC(=O)c1c(Nc2cc(F)cc(F)c2)[nH]c2c(Cl)ccc(F)c2c1=O. The number of aromatic nitrogens is 1. The highest BCUT2D eigenvalue weighted by Gasteiger charge is 2.20. The first-order valence-corrected chi connectivity index (χ1v) is 7.43. The van der Waals surface area contributed by atoms with Crippen LogP contribution in [-0.2, 0) is 0 Å². The van der Waals surface area contributed by atoms with Crippen LogP contribution < -0.4 is 10.7 Å². The average Bonchev–Trinajstić information content (AvgIpc) is 2.49. The molecular formula is C17H10ClF3N2O2. The van der Waals surface area contributed by atoms with Crippen molar-refractivity contribution in [2.45, 2.75) is 6.92 Å². The van der Waals surface area contributed by atoms with Gasteiger partial charge in [-0.3, -0.25) is 9.59 Å². The fourth-order valence-corrected chi connectivity index (χ4v) is 2.73. The molecule has 0 bridgehead atoms. The van der Waals surface area contributed by atoms with Gasteiger partial charge in [0.1, 0.15) is 28.8 Å². The van der Waals surface area contributed by atoms with Crippen LogP contribution in [0, 0.1) is 17.5 Å². The van der Waals surface area contributed by atoms with E-state index in [4.69, 9.17) is 11.6 Å². The number of halogens is 4. The van der Waals surface area contributed by atoms with E-state index in [-0.39, 0.29) is 33.0 Å². The lowest BCUT2D eigenvalue weighted by atomic mass is 10.1. The van der Waals surface area contributed by atoms with Crippen molar-refractivity contribution in [3.05, 3.63) is 68.6 Å². The lowest BCUT2D eigenvalue weighted by Gasteiger charge is -2.13. The maximum absolute atomic E-state index is 14.0. The van der Waals surface area contributed by atoms with Crippen LogP contribution in [0.4, 0.5) is 24.7 Å². The summed E-state index contributed by atoms with van der Waals surface area (Å²) in [6.45, 7) is 1.12. The van der Waals surface area contributed by atoms with Crippen LogP contribution in [-0.4, -0.2) is 10.8 Å². The Bertz CT molecular complexity index is 1060. The van der Waals surface area contributed by atoms with Gasteiger partial charge < -0.3 is 10.3 Å². The van der Waals surface area contributed by atoms with E-state index in [1.165, 1.54) is 6.07 Å². The third kappa shape index (κ3) is 3.10. The van der Waals surface area contributed by atoms with E-state index in [1.807, 2.05) is 0 Å². The van der Waals surface area contributed by atoms with Gasteiger partial charge >= 0.3 is 0 Å². The number of fused-ring (bicyclic) bond motifs is 1. The molecule has 0 fully saturated rings. The summed E-state index contributed by atoms with van der Waals surface area (Å²) < 4.78 is 40.7. The number of anilines is 2. The molecule has 8 heteroatoms. The van der Waals surface area contributed by atoms with Gasteiger partial charge in [0.05, 0.1) is 15.9 Å². The van der Waals surface area contributed by atoms with Gasteiger partial charge in [-0.25, -0.2) is 13.2 Å². The molecule has 2 aromatic carbocycles. The van der Waals surface area contributed by atoms with Crippen LogP contribution in [0.2, 0.25) is 5.02 Å². The van der Waals surface area contributed by atoms with E-state index in [9.17, 15) is 22.8 Å². The van der Waals surface area contributed by atoms with Crippen molar-refractivity contribution in [2.75, 3.05) is 5.32 Å². The summed E-state index contributed by atoms with van der Waals surface area (Å²) in [5, 5.41) is 2.26. The number of carbonyl (C=O) groups excluding carboxylic acids is 1. The highest BCUT2D eigenvalue weighted by Crippen LogP contribution is 2.27. The molecule has 0 spiro atoms. The summed E-state index contributed by atoms with van der Waals surface area (Å²) in [5.74, 6) is -3.32. The number of nitrogens with one attached hydrogen (secondary N) is 2. The lowest BCUT2D eigenvalue weighted by Crippen LogP contribution is -2.18. The van der Waals surface area contributed by atoms with E-state index in [1.54, 1.807) is 0 Å².